The highest BCUT2D eigenvalue weighted by atomic mass is 32.2. The standard InChI is InChI=1S/C20H26N6O4S/c1-12(2)22-20(27)30-15-6-4-13(8-15)16-10-19(25-24-16)23-14-5-7-18-17(9-14)26(3)11-21-31(18,28)29/h5,7,9-13,15H,4,6,8H2,1-3H3,(H,22,27)(H2,23,24,25)/t13-,15+/m0/s1. The van der Waals surface area contributed by atoms with Crippen molar-refractivity contribution in [3.63, 3.8) is 0 Å². The Kier molecular flexibility index (Phi) is 5.61. The molecular formula is C20H26N6O4S. The van der Waals surface area contributed by atoms with Crippen LogP contribution in [0.2, 0.25) is 0 Å². The lowest BCUT2D eigenvalue weighted by Gasteiger charge is -2.21. The molecule has 0 radical (unpaired) electrons. The normalized spacial score (nSPS) is 21.7. The summed E-state index contributed by atoms with van der Waals surface area (Å²) in [6.07, 6.45) is 3.26. The molecule has 2 atom stereocenters. The maximum Gasteiger partial charge on any atom is 0.407 e. The number of carbonyl (C=O) groups excluding carboxylic acids is 1. The third-order valence-corrected chi connectivity index (χ3v) is 6.62. The van der Waals surface area contributed by atoms with Gasteiger partial charge in [-0.05, 0) is 51.3 Å². The van der Waals surface area contributed by atoms with E-state index in [9.17, 15) is 13.2 Å². The first-order valence-corrected chi connectivity index (χ1v) is 11.6. The Morgan fingerprint density at radius 2 is 2.10 bits per heavy atom. The number of carbonyl (C=O) groups is 1. The number of rotatable bonds is 5. The smallest absolute Gasteiger partial charge is 0.407 e. The fraction of sp³-hybridized carbons (Fsp3) is 0.450. The van der Waals surface area contributed by atoms with E-state index >= 15 is 0 Å². The topological polar surface area (TPSA) is 129 Å². The van der Waals surface area contributed by atoms with Crippen LogP contribution in [-0.4, -0.2) is 50.2 Å². The van der Waals surface area contributed by atoms with E-state index in [2.05, 4.69) is 25.2 Å². The highest BCUT2D eigenvalue weighted by molar-refractivity contribution is 7.90. The number of aromatic amines is 1. The number of aromatic nitrogens is 2. The highest BCUT2D eigenvalue weighted by Gasteiger charge is 2.30. The van der Waals surface area contributed by atoms with Crippen molar-refractivity contribution in [2.45, 2.75) is 56.1 Å². The first-order valence-electron chi connectivity index (χ1n) is 10.2. The lowest BCUT2D eigenvalue weighted by atomic mass is 10.0. The van der Waals surface area contributed by atoms with Gasteiger partial charge in [0.25, 0.3) is 10.0 Å². The van der Waals surface area contributed by atoms with Crippen molar-refractivity contribution in [2.75, 3.05) is 17.3 Å². The maximum absolute atomic E-state index is 12.1. The van der Waals surface area contributed by atoms with Crippen LogP contribution >= 0.6 is 0 Å². The van der Waals surface area contributed by atoms with Crippen LogP contribution in [-0.2, 0) is 14.8 Å². The molecule has 3 N–H and O–H groups in total. The Labute approximate surface area is 181 Å². The molecule has 0 unspecified atom stereocenters. The molecule has 1 aromatic carbocycles. The number of nitrogens with one attached hydrogen (secondary N) is 3. The quantitative estimate of drug-likeness (QED) is 0.644. The van der Waals surface area contributed by atoms with Crippen molar-refractivity contribution in [3.8, 4) is 0 Å². The Morgan fingerprint density at radius 3 is 2.87 bits per heavy atom. The number of alkyl carbamates (subject to hydrolysis) is 1. The van der Waals surface area contributed by atoms with Gasteiger partial charge < -0.3 is 20.3 Å². The first-order chi connectivity index (χ1) is 14.7. The molecule has 0 spiro atoms. The summed E-state index contributed by atoms with van der Waals surface area (Å²) in [5.41, 5.74) is 2.24. The third kappa shape index (κ3) is 4.66. The fourth-order valence-corrected chi connectivity index (χ4v) is 4.94. The second kappa shape index (κ2) is 8.22. The molecule has 1 amide bonds. The van der Waals surface area contributed by atoms with Crippen molar-refractivity contribution in [3.05, 3.63) is 30.0 Å². The number of H-pyrrole nitrogens is 1. The minimum atomic E-state index is -3.65. The summed E-state index contributed by atoms with van der Waals surface area (Å²) in [4.78, 5) is 13.6. The molecule has 4 rings (SSSR count). The van der Waals surface area contributed by atoms with Crippen molar-refractivity contribution >= 4 is 39.6 Å². The Balaban J connectivity index is 1.40. The molecule has 10 nitrogen and oxygen atoms in total. The number of nitrogens with zero attached hydrogens (tertiary/aromatic N) is 3. The lowest BCUT2D eigenvalue weighted by Crippen LogP contribution is -2.33. The van der Waals surface area contributed by atoms with E-state index in [0.717, 1.165) is 25.0 Å². The van der Waals surface area contributed by atoms with Gasteiger partial charge in [-0.1, -0.05) is 0 Å². The van der Waals surface area contributed by atoms with E-state index in [4.69, 9.17) is 4.74 Å². The second-order valence-electron chi connectivity index (χ2n) is 8.16. The molecule has 166 valence electrons. The van der Waals surface area contributed by atoms with Crippen LogP contribution in [0.5, 0.6) is 0 Å². The highest BCUT2D eigenvalue weighted by Crippen LogP contribution is 2.37. The van der Waals surface area contributed by atoms with Crippen LogP contribution in [0.15, 0.2) is 33.6 Å². The van der Waals surface area contributed by atoms with Crippen molar-refractivity contribution in [1.29, 1.82) is 0 Å². The molecule has 1 aliphatic heterocycles. The largest absolute Gasteiger partial charge is 0.446 e. The minimum absolute atomic E-state index is 0.0433. The molecule has 31 heavy (non-hydrogen) atoms. The molecule has 1 aromatic heterocycles. The van der Waals surface area contributed by atoms with E-state index in [1.54, 1.807) is 24.1 Å². The van der Waals surface area contributed by atoms with Crippen LogP contribution in [0.3, 0.4) is 0 Å². The Hall–Kier alpha value is -3.08. The van der Waals surface area contributed by atoms with Gasteiger partial charge in [-0.3, -0.25) is 5.10 Å². The number of fused-ring (bicyclic) bond motifs is 1. The molecule has 11 heteroatoms. The summed E-state index contributed by atoms with van der Waals surface area (Å²) < 4.78 is 33.2. The van der Waals surface area contributed by atoms with Gasteiger partial charge in [-0.2, -0.15) is 13.5 Å². The number of anilines is 3. The fourth-order valence-electron chi connectivity index (χ4n) is 3.85. The van der Waals surface area contributed by atoms with Gasteiger partial charge in [0, 0.05) is 36.5 Å². The SMILES string of the molecule is CC(C)NC(=O)O[C@@H]1CC[C@H](c2cc(Nc3ccc4c(c3)N(C)C=NS4(=O)=O)n[nH]2)C1. The number of ether oxygens (including phenoxy) is 1. The van der Waals surface area contributed by atoms with Gasteiger partial charge in [-0.25, -0.2) is 4.79 Å². The van der Waals surface area contributed by atoms with Crippen molar-refractivity contribution in [2.24, 2.45) is 4.40 Å². The number of benzene rings is 1. The maximum atomic E-state index is 12.1. The van der Waals surface area contributed by atoms with Crippen LogP contribution in [0.25, 0.3) is 0 Å². The Bertz CT molecular complexity index is 1110. The van der Waals surface area contributed by atoms with Crippen molar-refractivity contribution < 1.29 is 17.9 Å². The molecule has 2 aliphatic rings. The zero-order valence-corrected chi connectivity index (χ0v) is 18.4. The zero-order chi connectivity index (χ0) is 22.2. The molecule has 0 saturated heterocycles. The number of sulfonamides is 1. The van der Waals surface area contributed by atoms with Crippen molar-refractivity contribution in [1.82, 2.24) is 15.5 Å². The van der Waals surface area contributed by atoms with E-state index in [1.807, 2.05) is 19.9 Å². The van der Waals surface area contributed by atoms with Gasteiger partial charge in [0.1, 0.15) is 17.3 Å². The van der Waals surface area contributed by atoms with E-state index in [0.29, 0.717) is 17.2 Å². The average Bonchev–Trinajstić information content (AvgIpc) is 3.34. The van der Waals surface area contributed by atoms with E-state index in [-0.39, 0.29) is 29.1 Å². The number of hydrogen-bond donors (Lipinski definition) is 3. The summed E-state index contributed by atoms with van der Waals surface area (Å²) >= 11 is 0. The zero-order valence-electron chi connectivity index (χ0n) is 17.6. The molecular weight excluding hydrogens is 420 g/mol. The van der Waals surface area contributed by atoms with E-state index in [1.165, 1.54) is 12.4 Å². The van der Waals surface area contributed by atoms with Crippen LogP contribution in [0.1, 0.15) is 44.7 Å². The molecule has 2 aromatic rings. The van der Waals surface area contributed by atoms with Crippen LogP contribution in [0.4, 0.5) is 22.0 Å². The average molecular weight is 447 g/mol. The van der Waals surface area contributed by atoms with E-state index < -0.39 is 10.0 Å². The van der Waals surface area contributed by atoms with Gasteiger partial charge in [0.2, 0.25) is 0 Å². The first kappa shape index (κ1) is 21.2. The summed E-state index contributed by atoms with van der Waals surface area (Å²) in [7, 11) is -1.91. The van der Waals surface area contributed by atoms with Gasteiger partial charge >= 0.3 is 6.09 Å². The second-order valence-corrected chi connectivity index (χ2v) is 9.76. The Morgan fingerprint density at radius 1 is 1.29 bits per heavy atom. The molecule has 1 aliphatic carbocycles. The van der Waals surface area contributed by atoms with Gasteiger partial charge in [0.15, 0.2) is 5.82 Å². The predicted molar refractivity (Wildman–Crippen MR) is 118 cm³/mol. The summed E-state index contributed by atoms with van der Waals surface area (Å²) in [6.45, 7) is 3.79. The molecule has 0 bridgehead atoms. The predicted octanol–water partition coefficient (Wildman–Crippen LogP) is 3.09. The molecule has 1 fully saturated rings. The summed E-state index contributed by atoms with van der Waals surface area (Å²) in [5.74, 6) is 0.864. The van der Waals surface area contributed by atoms with Gasteiger partial charge in [-0.15, -0.1) is 4.40 Å². The third-order valence-electron chi connectivity index (χ3n) is 5.35. The monoisotopic (exact) mass is 446 g/mol. The van der Waals surface area contributed by atoms with Crippen LogP contribution < -0.4 is 15.5 Å². The summed E-state index contributed by atoms with van der Waals surface area (Å²) in [5, 5.41) is 13.3. The van der Waals surface area contributed by atoms with Crippen LogP contribution in [0, 0.1) is 0 Å². The minimum Gasteiger partial charge on any atom is -0.446 e. The van der Waals surface area contributed by atoms with Gasteiger partial charge in [0.05, 0.1) is 5.69 Å². The molecule has 2 heterocycles. The molecule has 1 saturated carbocycles. The summed E-state index contributed by atoms with van der Waals surface area (Å²) in [6, 6.07) is 6.95. The lowest BCUT2D eigenvalue weighted by molar-refractivity contribution is 0.0981. The number of amides is 1. The number of hydrogen-bond acceptors (Lipinski definition) is 7.